The first-order valence-electron chi connectivity index (χ1n) is 5.60. The maximum absolute atomic E-state index is 12.3. The van der Waals surface area contributed by atoms with Crippen LogP contribution in [0.3, 0.4) is 0 Å². The molecule has 0 saturated carbocycles. The third kappa shape index (κ3) is 2.73. The van der Waals surface area contributed by atoms with Crippen molar-refractivity contribution in [3.63, 3.8) is 0 Å². The van der Waals surface area contributed by atoms with E-state index >= 15 is 0 Å². The summed E-state index contributed by atoms with van der Waals surface area (Å²) >= 11 is 0. The highest BCUT2D eigenvalue weighted by atomic mass is 16.1. The van der Waals surface area contributed by atoms with E-state index in [1.54, 1.807) is 12.1 Å². The number of primary amides is 1. The lowest BCUT2D eigenvalue weighted by Crippen LogP contribution is -2.23. The van der Waals surface area contributed by atoms with Crippen molar-refractivity contribution < 1.29 is 9.59 Å². The van der Waals surface area contributed by atoms with Gasteiger partial charge in [-0.15, -0.1) is 0 Å². The predicted molar refractivity (Wildman–Crippen MR) is 68.2 cm³/mol. The zero-order valence-corrected chi connectivity index (χ0v) is 11.0. The fourth-order valence-corrected chi connectivity index (χ4v) is 1.84. The minimum absolute atomic E-state index is 0.0866. The summed E-state index contributed by atoms with van der Waals surface area (Å²) in [5.41, 5.74) is 7.57. The highest BCUT2D eigenvalue weighted by Crippen LogP contribution is 2.26. The molecule has 0 aliphatic carbocycles. The van der Waals surface area contributed by atoms with E-state index in [-0.39, 0.29) is 5.78 Å². The molecule has 0 radical (unpaired) electrons. The summed E-state index contributed by atoms with van der Waals surface area (Å²) in [5, 5.41) is 0. The third-order valence-electron chi connectivity index (χ3n) is 2.73. The summed E-state index contributed by atoms with van der Waals surface area (Å²) in [4.78, 5) is 23.4. The first-order valence-corrected chi connectivity index (χ1v) is 5.60. The summed E-state index contributed by atoms with van der Waals surface area (Å²) < 4.78 is 0. The van der Waals surface area contributed by atoms with Crippen molar-refractivity contribution in [1.82, 2.24) is 0 Å². The van der Waals surface area contributed by atoms with E-state index < -0.39 is 11.3 Å². The van der Waals surface area contributed by atoms with Crippen molar-refractivity contribution >= 4 is 11.7 Å². The molecule has 0 aromatic heterocycles. The van der Waals surface area contributed by atoms with E-state index in [1.807, 2.05) is 34.6 Å². The van der Waals surface area contributed by atoms with Crippen LogP contribution < -0.4 is 5.73 Å². The van der Waals surface area contributed by atoms with Gasteiger partial charge in [0.2, 0.25) is 5.91 Å². The minimum atomic E-state index is -0.467. The van der Waals surface area contributed by atoms with Gasteiger partial charge in [0, 0.05) is 16.5 Å². The Morgan fingerprint density at radius 1 is 1.06 bits per heavy atom. The quantitative estimate of drug-likeness (QED) is 0.798. The average molecular weight is 233 g/mol. The summed E-state index contributed by atoms with van der Waals surface area (Å²) in [5.74, 6) is -0.380. The molecule has 0 aliphatic heterocycles. The van der Waals surface area contributed by atoms with Gasteiger partial charge in [0.15, 0.2) is 5.78 Å². The molecule has 1 rings (SSSR count). The van der Waals surface area contributed by atoms with Gasteiger partial charge in [0.1, 0.15) is 0 Å². The molecule has 3 nitrogen and oxygen atoms in total. The van der Waals surface area contributed by atoms with Crippen LogP contribution in [0.25, 0.3) is 0 Å². The van der Waals surface area contributed by atoms with E-state index in [4.69, 9.17) is 5.73 Å². The third-order valence-corrected chi connectivity index (χ3v) is 2.73. The fraction of sp³-hybridized carbons (Fsp3) is 0.429. The minimum Gasteiger partial charge on any atom is -0.366 e. The normalized spacial score (nSPS) is 11.4. The first kappa shape index (κ1) is 13.4. The number of rotatable bonds is 2. The zero-order valence-electron chi connectivity index (χ0n) is 11.0. The van der Waals surface area contributed by atoms with Crippen molar-refractivity contribution in [2.45, 2.75) is 34.6 Å². The van der Waals surface area contributed by atoms with Gasteiger partial charge >= 0.3 is 0 Å². The number of carbonyl (C=O) groups is 2. The SMILES string of the molecule is Cc1cc(C(N)=O)cc(C)c1C(=O)C(C)(C)C. The molecule has 0 bridgehead atoms. The van der Waals surface area contributed by atoms with E-state index in [1.165, 1.54) is 0 Å². The Morgan fingerprint density at radius 3 is 1.76 bits per heavy atom. The summed E-state index contributed by atoms with van der Waals surface area (Å²) in [6, 6.07) is 3.35. The maximum atomic E-state index is 12.3. The van der Waals surface area contributed by atoms with Crippen molar-refractivity contribution in [2.24, 2.45) is 11.1 Å². The van der Waals surface area contributed by atoms with Gasteiger partial charge in [-0.25, -0.2) is 0 Å². The zero-order chi connectivity index (χ0) is 13.4. The molecule has 0 unspecified atom stereocenters. The van der Waals surface area contributed by atoms with Gasteiger partial charge in [-0.05, 0) is 37.1 Å². The Kier molecular flexibility index (Phi) is 3.41. The van der Waals surface area contributed by atoms with Crippen LogP contribution in [0.15, 0.2) is 12.1 Å². The summed E-state index contributed by atoms with van der Waals surface area (Å²) in [6.07, 6.45) is 0. The molecule has 2 N–H and O–H groups in total. The molecule has 3 heteroatoms. The molecular formula is C14H19NO2. The Balaban J connectivity index is 3.38. The van der Waals surface area contributed by atoms with Gasteiger partial charge < -0.3 is 5.73 Å². The maximum Gasteiger partial charge on any atom is 0.248 e. The molecule has 0 heterocycles. The van der Waals surface area contributed by atoms with Crippen LogP contribution in [0.4, 0.5) is 0 Å². The van der Waals surface area contributed by atoms with E-state index in [2.05, 4.69) is 0 Å². The molecular weight excluding hydrogens is 214 g/mol. The molecule has 0 spiro atoms. The number of Topliss-reactive ketones (excluding diaryl/α,β-unsaturated/α-hetero) is 1. The molecule has 0 saturated heterocycles. The van der Waals surface area contributed by atoms with Crippen molar-refractivity contribution in [2.75, 3.05) is 0 Å². The number of carbonyl (C=O) groups excluding carboxylic acids is 2. The van der Waals surface area contributed by atoms with Crippen LogP contribution in [0.5, 0.6) is 0 Å². The van der Waals surface area contributed by atoms with Crippen LogP contribution >= 0.6 is 0 Å². The van der Waals surface area contributed by atoms with Crippen molar-refractivity contribution in [1.29, 1.82) is 0 Å². The number of ketones is 1. The monoisotopic (exact) mass is 233 g/mol. The Labute approximate surface area is 102 Å². The number of amides is 1. The molecule has 1 aromatic carbocycles. The number of hydrogen-bond donors (Lipinski definition) is 1. The van der Waals surface area contributed by atoms with Gasteiger partial charge in [-0.3, -0.25) is 9.59 Å². The van der Waals surface area contributed by atoms with Crippen LogP contribution in [-0.2, 0) is 0 Å². The largest absolute Gasteiger partial charge is 0.366 e. The lowest BCUT2D eigenvalue weighted by atomic mass is 9.82. The number of nitrogens with two attached hydrogens (primary N) is 1. The Hall–Kier alpha value is -1.64. The molecule has 17 heavy (non-hydrogen) atoms. The lowest BCUT2D eigenvalue weighted by Gasteiger charge is -2.20. The predicted octanol–water partition coefficient (Wildman–Crippen LogP) is 2.63. The highest BCUT2D eigenvalue weighted by Gasteiger charge is 2.26. The number of aryl methyl sites for hydroxylation is 2. The Morgan fingerprint density at radius 2 is 1.47 bits per heavy atom. The molecule has 1 aromatic rings. The number of hydrogen-bond acceptors (Lipinski definition) is 2. The lowest BCUT2D eigenvalue weighted by molar-refractivity contribution is 0.0856. The van der Waals surface area contributed by atoms with Gasteiger partial charge in [-0.1, -0.05) is 20.8 Å². The molecule has 1 amide bonds. The second-order valence-corrected chi connectivity index (χ2v) is 5.43. The van der Waals surface area contributed by atoms with Gasteiger partial charge in [-0.2, -0.15) is 0 Å². The van der Waals surface area contributed by atoms with Crippen LogP contribution in [-0.4, -0.2) is 11.7 Å². The second-order valence-electron chi connectivity index (χ2n) is 5.43. The average Bonchev–Trinajstić information content (AvgIpc) is 2.14. The fourth-order valence-electron chi connectivity index (χ4n) is 1.84. The highest BCUT2D eigenvalue weighted by molar-refractivity contribution is 6.03. The molecule has 0 aliphatic rings. The van der Waals surface area contributed by atoms with E-state index in [9.17, 15) is 9.59 Å². The van der Waals surface area contributed by atoms with Gasteiger partial charge in [0.05, 0.1) is 0 Å². The number of benzene rings is 1. The molecule has 0 fully saturated rings. The smallest absolute Gasteiger partial charge is 0.248 e. The standard InChI is InChI=1S/C14H19NO2/c1-8-6-10(13(15)17)7-9(2)11(8)12(16)14(3,4)5/h6-7H,1-5H3,(H2,15,17). The van der Waals surface area contributed by atoms with E-state index in [0.717, 1.165) is 11.1 Å². The van der Waals surface area contributed by atoms with E-state index in [0.29, 0.717) is 11.1 Å². The van der Waals surface area contributed by atoms with Crippen LogP contribution in [0.2, 0.25) is 0 Å². The molecule has 92 valence electrons. The van der Waals surface area contributed by atoms with Crippen LogP contribution in [0, 0.1) is 19.3 Å². The van der Waals surface area contributed by atoms with Crippen molar-refractivity contribution in [3.8, 4) is 0 Å². The summed E-state index contributed by atoms with van der Waals surface area (Å²) in [6.45, 7) is 9.32. The first-order chi connectivity index (χ1) is 7.64. The Bertz CT molecular complexity index is 458. The van der Waals surface area contributed by atoms with Crippen molar-refractivity contribution in [3.05, 3.63) is 34.4 Å². The van der Waals surface area contributed by atoms with Gasteiger partial charge in [0.25, 0.3) is 0 Å². The van der Waals surface area contributed by atoms with Crippen LogP contribution in [0.1, 0.15) is 52.6 Å². The second kappa shape index (κ2) is 4.32. The topological polar surface area (TPSA) is 60.2 Å². The summed E-state index contributed by atoms with van der Waals surface area (Å²) in [7, 11) is 0. The molecule has 0 atom stereocenters.